The lowest BCUT2D eigenvalue weighted by Gasteiger charge is -2.17. The zero-order chi connectivity index (χ0) is 24.2. The first kappa shape index (κ1) is 20.8. The molecule has 7 aromatic rings. The van der Waals surface area contributed by atoms with Gasteiger partial charge in [-0.15, -0.1) is 0 Å². The molecule has 0 saturated heterocycles. The van der Waals surface area contributed by atoms with Crippen LogP contribution >= 0.6 is 0 Å². The van der Waals surface area contributed by atoms with Crippen LogP contribution in [0.5, 0.6) is 0 Å². The quantitative estimate of drug-likeness (QED) is 0.246. The highest BCUT2D eigenvalue weighted by molar-refractivity contribution is 6.25. The van der Waals surface area contributed by atoms with E-state index in [4.69, 9.17) is 4.98 Å². The normalized spacial score (nSPS) is 11.6. The molecule has 0 aliphatic heterocycles. The van der Waals surface area contributed by atoms with Gasteiger partial charge in [0.05, 0.1) is 11.4 Å². The van der Waals surface area contributed by atoms with E-state index in [2.05, 4.69) is 104 Å². The van der Waals surface area contributed by atoms with Crippen LogP contribution in [0, 0.1) is 13.8 Å². The van der Waals surface area contributed by atoms with Crippen molar-refractivity contribution in [1.29, 1.82) is 0 Å². The second kappa shape index (κ2) is 8.00. The Morgan fingerprint density at radius 3 is 1.92 bits per heavy atom. The van der Waals surface area contributed by atoms with Gasteiger partial charge in [0, 0.05) is 23.5 Å². The highest BCUT2D eigenvalue weighted by Crippen LogP contribution is 2.41. The van der Waals surface area contributed by atoms with Crippen LogP contribution in [0.3, 0.4) is 0 Å². The fraction of sp³-hybridized carbons (Fsp3) is 0.0588. The number of aryl methyl sites for hydroxylation is 2. The summed E-state index contributed by atoms with van der Waals surface area (Å²) in [7, 11) is 0. The molecule has 0 radical (unpaired) electrons. The predicted octanol–water partition coefficient (Wildman–Crippen LogP) is 8.99. The van der Waals surface area contributed by atoms with Gasteiger partial charge in [-0.25, -0.2) is 4.98 Å². The maximum absolute atomic E-state index is 5.00. The lowest BCUT2D eigenvalue weighted by molar-refractivity contribution is 1.27. The molecule has 0 aliphatic rings. The SMILES string of the molecule is Cc1cc(-c2ccc3ccc4cccc5ccc2c3c45)c(C)cc1-c1cccc(-c2ccncc2)n1. The first-order chi connectivity index (χ1) is 17.7. The van der Waals surface area contributed by atoms with Crippen molar-refractivity contribution in [3.05, 3.63) is 121 Å². The highest BCUT2D eigenvalue weighted by Gasteiger charge is 2.15. The molecule has 0 atom stereocenters. The Labute approximate surface area is 210 Å². The van der Waals surface area contributed by atoms with E-state index < -0.39 is 0 Å². The Morgan fingerprint density at radius 1 is 0.500 bits per heavy atom. The van der Waals surface area contributed by atoms with Crippen LogP contribution in [0.4, 0.5) is 0 Å². The molecule has 0 aliphatic carbocycles. The van der Waals surface area contributed by atoms with E-state index >= 15 is 0 Å². The molecular weight excluding hydrogens is 436 g/mol. The largest absolute Gasteiger partial charge is 0.265 e. The monoisotopic (exact) mass is 460 g/mol. The van der Waals surface area contributed by atoms with Gasteiger partial charge < -0.3 is 0 Å². The molecule has 2 nitrogen and oxygen atoms in total. The molecule has 7 rings (SSSR count). The van der Waals surface area contributed by atoms with Crippen LogP contribution in [-0.2, 0) is 0 Å². The van der Waals surface area contributed by atoms with Crippen molar-refractivity contribution >= 4 is 32.3 Å². The molecule has 0 unspecified atom stereocenters. The van der Waals surface area contributed by atoms with Crippen LogP contribution in [0.25, 0.3) is 66.0 Å². The van der Waals surface area contributed by atoms with Crippen molar-refractivity contribution in [1.82, 2.24) is 9.97 Å². The molecule has 0 spiro atoms. The molecule has 0 bridgehead atoms. The van der Waals surface area contributed by atoms with E-state index in [1.54, 1.807) is 0 Å². The molecule has 36 heavy (non-hydrogen) atoms. The first-order valence-electron chi connectivity index (χ1n) is 12.3. The standard InChI is InChI=1S/C34H24N2/c1-21-20-30(32-8-4-7-31(36-32)23-15-17-35-18-16-23)22(2)19-29(21)27-13-11-26-10-9-24-5-3-6-25-12-14-28(27)34(26)33(24)25/h3-20H,1-2H3. The molecule has 170 valence electrons. The third kappa shape index (κ3) is 3.19. The van der Waals surface area contributed by atoms with Gasteiger partial charge in [-0.1, -0.05) is 66.7 Å². The van der Waals surface area contributed by atoms with E-state index in [1.165, 1.54) is 60.1 Å². The summed E-state index contributed by atoms with van der Waals surface area (Å²) in [6, 6.07) is 35.0. The van der Waals surface area contributed by atoms with Crippen LogP contribution < -0.4 is 0 Å². The Bertz CT molecular complexity index is 1890. The van der Waals surface area contributed by atoms with Gasteiger partial charge in [0.2, 0.25) is 0 Å². The van der Waals surface area contributed by atoms with E-state index in [-0.39, 0.29) is 0 Å². The number of benzene rings is 5. The molecule has 0 fully saturated rings. The topological polar surface area (TPSA) is 25.8 Å². The summed E-state index contributed by atoms with van der Waals surface area (Å²) in [5.74, 6) is 0. The summed E-state index contributed by atoms with van der Waals surface area (Å²) in [5, 5.41) is 7.91. The minimum Gasteiger partial charge on any atom is -0.265 e. The molecule has 0 N–H and O–H groups in total. The van der Waals surface area contributed by atoms with Crippen molar-refractivity contribution in [2.24, 2.45) is 0 Å². The minimum absolute atomic E-state index is 0.961. The summed E-state index contributed by atoms with van der Waals surface area (Å²) in [6.45, 7) is 4.40. The number of rotatable bonds is 3. The van der Waals surface area contributed by atoms with Gasteiger partial charge >= 0.3 is 0 Å². The molecule has 0 saturated carbocycles. The van der Waals surface area contributed by atoms with Crippen LogP contribution in [0.1, 0.15) is 11.1 Å². The van der Waals surface area contributed by atoms with Crippen molar-refractivity contribution in [2.75, 3.05) is 0 Å². The summed E-state index contributed by atoms with van der Waals surface area (Å²) in [4.78, 5) is 9.13. The Balaban J connectivity index is 1.40. The third-order valence-corrected chi connectivity index (χ3v) is 7.39. The summed E-state index contributed by atoms with van der Waals surface area (Å²) < 4.78 is 0. The van der Waals surface area contributed by atoms with Crippen LogP contribution in [0.15, 0.2) is 109 Å². The van der Waals surface area contributed by atoms with Gasteiger partial charge in [0.15, 0.2) is 0 Å². The lowest BCUT2D eigenvalue weighted by Crippen LogP contribution is -1.94. The molecule has 2 heteroatoms. The second-order valence-electron chi connectivity index (χ2n) is 9.60. The fourth-order valence-corrected chi connectivity index (χ4v) is 5.62. The molecular formula is C34H24N2. The summed E-state index contributed by atoms with van der Waals surface area (Å²) in [6.07, 6.45) is 3.62. The Hall–Kier alpha value is -4.56. The molecule has 2 aromatic heterocycles. The highest BCUT2D eigenvalue weighted by atomic mass is 14.7. The van der Waals surface area contributed by atoms with E-state index in [9.17, 15) is 0 Å². The summed E-state index contributed by atoms with van der Waals surface area (Å²) in [5.41, 5.74) is 9.24. The van der Waals surface area contributed by atoms with Gasteiger partial charge in [-0.2, -0.15) is 0 Å². The number of hydrogen-bond donors (Lipinski definition) is 0. The van der Waals surface area contributed by atoms with E-state index in [0.29, 0.717) is 0 Å². The van der Waals surface area contributed by atoms with E-state index in [1.807, 2.05) is 24.5 Å². The number of aromatic nitrogens is 2. The van der Waals surface area contributed by atoms with Gasteiger partial charge in [0.1, 0.15) is 0 Å². The number of nitrogens with zero attached hydrogens (tertiary/aromatic N) is 2. The van der Waals surface area contributed by atoms with Crippen molar-refractivity contribution in [3.8, 4) is 33.6 Å². The average Bonchev–Trinajstić information content (AvgIpc) is 2.93. The van der Waals surface area contributed by atoms with Crippen LogP contribution in [0.2, 0.25) is 0 Å². The number of pyridine rings is 2. The van der Waals surface area contributed by atoms with Gasteiger partial charge in [-0.05, 0) is 98.8 Å². The van der Waals surface area contributed by atoms with Crippen LogP contribution in [-0.4, -0.2) is 9.97 Å². The van der Waals surface area contributed by atoms with Gasteiger partial charge in [-0.3, -0.25) is 4.98 Å². The fourth-order valence-electron chi connectivity index (χ4n) is 5.62. The predicted molar refractivity (Wildman–Crippen MR) is 152 cm³/mol. The molecule has 0 amide bonds. The maximum Gasteiger partial charge on any atom is 0.0712 e. The van der Waals surface area contributed by atoms with E-state index in [0.717, 1.165) is 17.0 Å². The van der Waals surface area contributed by atoms with Crippen molar-refractivity contribution in [2.45, 2.75) is 13.8 Å². The second-order valence-corrected chi connectivity index (χ2v) is 9.60. The maximum atomic E-state index is 5.00. The summed E-state index contributed by atoms with van der Waals surface area (Å²) >= 11 is 0. The Kier molecular flexibility index (Phi) is 4.62. The average molecular weight is 461 g/mol. The molecule has 5 aromatic carbocycles. The third-order valence-electron chi connectivity index (χ3n) is 7.39. The number of hydrogen-bond acceptors (Lipinski definition) is 2. The minimum atomic E-state index is 0.961. The van der Waals surface area contributed by atoms with Crippen molar-refractivity contribution in [3.63, 3.8) is 0 Å². The zero-order valence-electron chi connectivity index (χ0n) is 20.3. The van der Waals surface area contributed by atoms with Crippen molar-refractivity contribution < 1.29 is 0 Å². The lowest BCUT2D eigenvalue weighted by atomic mass is 9.87. The molecule has 2 heterocycles. The Morgan fingerprint density at radius 2 is 1.11 bits per heavy atom. The smallest absolute Gasteiger partial charge is 0.0712 e. The van der Waals surface area contributed by atoms with Gasteiger partial charge in [0.25, 0.3) is 0 Å². The zero-order valence-corrected chi connectivity index (χ0v) is 20.3. The first-order valence-corrected chi connectivity index (χ1v) is 12.3.